The molecule has 0 saturated heterocycles. The number of carbonyl (C=O) groups excluding carboxylic acids is 1. The number of hydrogen-bond donors (Lipinski definition) is 1. The van der Waals surface area contributed by atoms with Gasteiger partial charge in [-0.15, -0.1) is 11.3 Å². The lowest BCUT2D eigenvalue weighted by atomic mass is 9.87. The van der Waals surface area contributed by atoms with Crippen LogP contribution in [0.4, 0.5) is 5.13 Å². The van der Waals surface area contributed by atoms with Crippen LogP contribution in [0.2, 0.25) is 0 Å². The number of hydrogen-bond acceptors (Lipinski definition) is 4. The first-order chi connectivity index (χ1) is 10.4. The summed E-state index contributed by atoms with van der Waals surface area (Å²) in [5, 5.41) is 5.55. The Bertz CT molecular complexity index is 534. The number of amides is 1. The minimum Gasteiger partial charge on any atom is -0.301 e. The minimum absolute atomic E-state index is 0.205. The molecule has 1 heterocycles. The van der Waals surface area contributed by atoms with Crippen LogP contribution in [0.1, 0.15) is 70.9 Å². The highest BCUT2D eigenvalue weighted by atomic mass is 32.2. The van der Waals surface area contributed by atoms with E-state index in [1.165, 1.54) is 43.4 Å². The summed E-state index contributed by atoms with van der Waals surface area (Å²) in [6.07, 6.45) is 7.07. The number of aromatic nitrogens is 1. The molecule has 1 aliphatic carbocycles. The van der Waals surface area contributed by atoms with Crippen molar-refractivity contribution in [1.29, 1.82) is 0 Å². The van der Waals surface area contributed by atoms with Gasteiger partial charge in [0.2, 0.25) is 5.91 Å². The van der Waals surface area contributed by atoms with Gasteiger partial charge in [-0.3, -0.25) is 9.00 Å². The maximum atomic E-state index is 12.4. The van der Waals surface area contributed by atoms with Crippen LogP contribution in [0.5, 0.6) is 0 Å². The Morgan fingerprint density at radius 1 is 1.41 bits per heavy atom. The van der Waals surface area contributed by atoms with Crippen LogP contribution in [0.25, 0.3) is 0 Å². The number of rotatable bonds is 6. The maximum Gasteiger partial charge on any atom is 0.244 e. The summed E-state index contributed by atoms with van der Waals surface area (Å²) in [5.74, 6) is 0.882. The van der Waals surface area contributed by atoms with Crippen molar-refractivity contribution >= 4 is 33.2 Å². The first-order valence-corrected chi connectivity index (χ1v) is 10.3. The topological polar surface area (TPSA) is 59.1 Å². The molecule has 2 rings (SSSR count). The van der Waals surface area contributed by atoms with E-state index in [4.69, 9.17) is 0 Å². The molecule has 1 aromatic heterocycles. The Labute approximate surface area is 139 Å². The van der Waals surface area contributed by atoms with Crippen LogP contribution in [0, 0.1) is 0 Å². The number of carbonyl (C=O) groups is 1. The van der Waals surface area contributed by atoms with Crippen LogP contribution < -0.4 is 5.32 Å². The van der Waals surface area contributed by atoms with E-state index < -0.39 is 15.5 Å². The number of nitrogens with one attached hydrogen (secondary N) is 1. The lowest BCUT2D eigenvalue weighted by molar-refractivity contribution is -0.117. The van der Waals surface area contributed by atoms with E-state index in [-0.39, 0.29) is 5.91 Å². The quantitative estimate of drug-likeness (QED) is 0.848. The summed E-state index contributed by atoms with van der Waals surface area (Å²) < 4.78 is 11.3. The molecule has 0 aliphatic heterocycles. The molecular weight excluding hydrogens is 316 g/mol. The predicted molar refractivity (Wildman–Crippen MR) is 93.9 cm³/mol. The first kappa shape index (κ1) is 17.6. The molecule has 4 nitrogen and oxygen atoms in total. The number of anilines is 1. The lowest BCUT2D eigenvalue weighted by Crippen LogP contribution is -2.42. The molecule has 1 unspecified atom stereocenters. The van der Waals surface area contributed by atoms with Gasteiger partial charge in [0.15, 0.2) is 5.13 Å². The molecule has 124 valence electrons. The first-order valence-electron chi connectivity index (χ1n) is 8.10. The van der Waals surface area contributed by atoms with E-state index in [0.29, 0.717) is 16.8 Å². The summed E-state index contributed by atoms with van der Waals surface area (Å²) in [6, 6.07) is 0. The molecule has 1 N–H and O–H groups in total. The summed E-state index contributed by atoms with van der Waals surface area (Å²) >= 11 is 1.47. The third-order valence-electron chi connectivity index (χ3n) is 4.27. The molecule has 1 aliphatic rings. The van der Waals surface area contributed by atoms with Gasteiger partial charge in [-0.25, -0.2) is 4.98 Å². The second kappa shape index (κ2) is 7.68. The van der Waals surface area contributed by atoms with Gasteiger partial charge in [-0.1, -0.05) is 26.2 Å². The van der Waals surface area contributed by atoms with Crippen molar-refractivity contribution in [3.8, 4) is 0 Å². The van der Waals surface area contributed by atoms with E-state index >= 15 is 0 Å². The minimum atomic E-state index is -1.17. The van der Waals surface area contributed by atoms with Gasteiger partial charge in [0, 0.05) is 27.9 Å². The van der Waals surface area contributed by atoms with Crippen LogP contribution in [0.15, 0.2) is 5.38 Å². The largest absolute Gasteiger partial charge is 0.301 e. The summed E-state index contributed by atoms with van der Waals surface area (Å²) in [6.45, 7) is 5.46. The Hall–Kier alpha value is -0.750. The van der Waals surface area contributed by atoms with Crippen LogP contribution in [0.3, 0.4) is 0 Å². The number of thiazole rings is 1. The van der Waals surface area contributed by atoms with Gasteiger partial charge in [-0.05, 0) is 33.1 Å². The summed E-state index contributed by atoms with van der Waals surface area (Å²) in [7, 11) is -1.17. The van der Waals surface area contributed by atoms with Gasteiger partial charge in [0.1, 0.15) is 4.75 Å². The predicted octanol–water partition coefficient (Wildman–Crippen LogP) is 4.07. The third kappa shape index (κ3) is 4.16. The fraction of sp³-hybridized carbons (Fsp3) is 0.750. The summed E-state index contributed by atoms with van der Waals surface area (Å²) in [5.41, 5.74) is 1.10. The third-order valence-corrected chi connectivity index (χ3v) is 7.15. The van der Waals surface area contributed by atoms with E-state index in [0.717, 1.165) is 12.1 Å². The van der Waals surface area contributed by atoms with Gasteiger partial charge in [0.25, 0.3) is 0 Å². The Morgan fingerprint density at radius 2 is 2.09 bits per heavy atom. The smallest absolute Gasteiger partial charge is 0.244 e. The van der Waals surface area contributed by atoms with Gasteiger partial charge >= 0.3 is 0 Å². The highest BCUT2D eigenvalue weighted by Crippen LogP contribution is 2.34. The van der Waals surface area contributed by atoms with Gasteiger partial charge < -0.3 is 5.32 Å². The average Bonchev–Trinajstić information content (AvgIpc) is 2.97. The molecule has 1 fully saturated rings. The van der Waals surface area contributed by atoms with E-state index in [1.807, 2.05) is 6.92 Å². The summed E-state index contributed by atoms with van der Waals surface area (Å²) in [4.78, 5) is 17.0. The van der Waals surface area contributed by atoms with Gasteiger partial charge in [0.05, 0.1) is 5.69 Å². The van der Waals surface area contributed by atoms with Crippen molar-refractivity contribution < 1.29 is 9.00 Å². The molecule has 1 atom stereocenters. The molecule has 6 heteroatoms. The zero-order chi connectivity index (χ0) is 16.2. The van der Waals surface area contributed by atoms with Crippen molar-refractivity contribution in [3.63, 3.8) is 0 Å². The Balaban J connectivity index is 1.99. The average molecular weight is 343 g/mol. The maximum absolute atomic E-state index is 12.4. The monoisotopic (exact) mass is 342 g/mol. The molecular formula is C16H26N2O2S2. The molecule has 1 saturated carbocycles. The fourth-order valence-corrected chi connectivity index (χ4v) is 4.65. The van der Waals surface area contributed by atoms with Crippen molar-refractivity contribution in [3.05, 3.63) is 11.1 Å². The zero-order valence-corrected chi connectivity index (χ0v) is 15.3. The van der Waals surface area contributed by atoms with Gasteiger partial charge in [-0.2, -0.15) is 0 Å². The van der Waals surface area contributed by atoms with E-state index in [2.05, 4.69) is 15.7 Å². The Morgan fingerprint density at radius 3 is 2.73 bits per heavy atom. The lowest BCUT2D eigenvalue weighted by Gasteiger charge is -2.22. The van der Waals surface area contributed by atoms with Crippen LogP contribution in [-0.2, 0) is 15.6 Å². The van der Waals surface area contributed by atoms with Crippen molar-refractivity contribution in [1.82, 2.24) is 4.98 Å². The van der Waals surface area contributed by atoms with Crippen molar-refractivity contribution in [2.75, 3.05) is 11.1 Å². The highest BCUT2D eigenvalue weighted by molar-refractivity contribution is 7.87. The fourth-order valence-electron chi connectivity index (χ4n) is 2.72. The SMILES string of the molecule is CCCS(=O)C(C)(C)C(=O)Nc1nc(C2CCCCC2)cs1. The van der Waals surface area contributed by atoms with Crippen molar-refractivity contribution in [2.45, 2.75) is 70.0 Å². The molecule has 1 amide bonds. The molecule has 0 radical (unpaired) electrons. The Kier molecular flexibility index (Phi) is 6.15. The van der Waals surface area contributed by atoms with E-state index in [1.54, 1.807) is 13.8 Å². The molecule has 0 aromatic carbocycles. The van der Waals surface area contributed by atoms with E-state index in [9.17, 15) is 9.00 Å². The number of nitrogens with zero attached hydrogens (tertiary/aromatic N) is 1. The standard InChI is InChI=1S/C16H26N2O2S2/c1-4-10-22(20)16(2,3)14(19)18-15-17-13(11-21-15)12-8-6-5-7-9-12/h11-12H,4-10H2,1-3H3,(H,17,18,19). The highest BCUT2D eigenvalue weighted by Gasteiger charge is 2.34. The second-order valence-corrected chi connectivity index (χ2v) is 9.40. The van der Waals surface area contributed by atoms with Crippen LogP contribution >= 0.6 is 11.3 Å². The normalized spacial score (nSPS) is 18.1. The van der Waals surface area contributed by atoms with Crippen molar-refractivity contribution in [2.24, 2.45) is 0 Å². The second-order valence-electron chi connectivity index (χ2n) is 6.43. The molecule has 1 aromatic rings. The molecule has 0 spiro atoms. The van der Waals surface area contributed by atoms with Crippen LogP contribution in [-0.4, -0.2) is 25.6 Å². The molecule has 0 bridgehead atoms. The zero-order valence-electron chi connectivity index (χ0n) is 13.7. The molecule has 22 heavy (non-hydrogen) atoms.